The molecule has 0 saturated heterocycles. The van der Waals surface area contributed by atoms with E-state index in [4.69, 9.17) is 34.5 Å². The second kappa shape index (κ2) is 32.6. The maximum absolute atomic E-state index is 12.3. The van der Waals surface area contributed by atoms with Gasteiger partial charge in [0.1, 0.15) is 18.1 Å². The van der Waals surface area contributed by atoms with E-state index in [1.54, 1.807) is 34.0 Å². The number of nitrogens with zero attached hydrogens (tertiary/aromatic N) is 1. The lowest BCUT2D eigenvalue weighted by molar-refractivity contribution is -0.153. The molecule has 1 saturated carbocycles. The summed E-state index contributed by atoms with van der Waals surface area (Å²) in [6, 6.07) is -0.916. The summed E-state index contributed by atoms with van der Waals surface area (Å²) in [5, 5.41) is 23.3. The number of halogens is 1. The van der Waals surface area contributed by atoms with Crippen molar-refractivity contribution in [3.05, 3.63) is 47.9 Å². The third-order valence-corrected chi connectivity index (χ3v) is 7.63. The van der Waals surface area contributed by atoms with Gasteiger partial charge in [0.2, 0.25) is 6.41 Å². The molecule has 0 bridgehead atoms. The van der Waals surface area contributed by atoms with Crippen LogP contribution in [-0.4, -0.2) is 105 Å². The number of esters is 1. The van der Waals surface area contributed by atoms with Crippen LogP contribution in [0, 0.1) is 0 Å². The van der Waals surface area contributed by atoms with Crippen LogP contribution >= 0.6 is 8.53 Å². The second-order valence-corrected chi connectivity index (χ2v) is 12.0. The van der Waals surface area contributed by atoms with Crippen molar-refractivity contribution in [1.29, 1.82) is 0 Å². The quantitative estimate of drug-likeness (QED) is 0.0465. The number of hydrogen-bond acceptors (Lipinski definition) is 12. The fourth-order valence-electron chi connectivity index (χ4n) is 3.85. The molecule has 0 heterocycles. The highest BCUT2D eigenvalue weighted by Crippen LogP contribution is 2.39. The summed E-state index contributed by atoms with van der Waals surface area (Å²) in [7, 11) is 4.04. The van der Waals surface area contributed by atoms with Gasteiger partial charge in [-0.2, -0.15) is 0 Å². The maximum atomic E-state index is 12.3. The van der Waals surface area contributed by atoms with Gasteiger partial charge in [0, 0.05) is 38.7 Å². The molecule has 2 rings (SSSR count). The number of aliphatic hydroxyl groups is 2. The summed E-state index contributed by atoms with van der Waals surface area (Å²) in [5.74, 6) is -1.14. The minimum atomic E-state index is -1.75. The Balaban J connectivity index is -0.00000127. The average Bonchev–Trinajstić information content (AvgIpc) is 3.35. The van der Waals surface area contributed by atoms with Crippen LogP contribution in [0.25, 0.3) is 0 Å². The van der Waals surface area contributed by atoms with E-state index >= 15 is 0 Å². The van der Waals surface area contributed by atoms with Crippen molar-refractivity contribution in [2.24, 2.45) is 5.73 Å². The minimum absolute atomic E-state index is 0.138. The zero-order chi connectivity index (χ0) is 38.3. The third-order valence-electron chi connectivity index (χ3n) is 6.28. The van der Waals surface area contributed by atoms with Gasteiger partial charge < -0.3 is 44.7 Å². The molecule has 0 aliphatic heterocycles. The highest BCUT2D eigenvalue weighted by Gasteiger charge is 2.27. The second-order valence-electron chi connectivity index (χ2n) is 10.8. The Hall–Kier alpha value is -2.55. The summed E-state index contributed by atoms with van der Waals surface area (Å²) in [5.41, 5.74) is 6.71. The number of ether oxygens (including phenoxy) is 2. The summed E-state index contributed by atoms with van der Waals surface area (Å²) in [6.45, 7) is 11.6. The van der Waals surface area contributed by atoms with E-state index in [-0.39, 0.29) is 24.9 Å². The van der Waals surface area contributed by atoms with Crippen molar-refractivity contribution in [2.45, 2.75) is 110 Å². The van der Waals surface area contributed by atoms with Crippen LogP contribution in [-0.2, 0) is 32.9 Å². The minimum Gasteiger partial charge on any atom is -0.462 e. The van der Waals surface area contributed by atoms with Gasteiger partial charge in [-0.05, 0) is 91.3 Å². The van der Waals surface area contributed by atoms with Crippen LogP contribution in [0.5, 0.6) is 0 Å². The lowest BCUT2D eigenvalue weighted by atomic mass is 10.1. The Morgan fingerprint density at radius 1 is 1.10 bits per heavy atom. The van der Waals surface area contributed by atoms with E-state index in [9.17, 15) is 18.8 Å². The molecule has 13 nitrogen and oxygen atoms in total. The Kier molecular flexibility index (Phi) is 33.9. The molecular weight excluding hydrogens is 658 g/mol. The van der Waals surface area contributed by atoms with Gasteiger partial charge >= 0.3 is 14.5 Å². The molecule has 0 radical (unpaired) electrons. The van der Waals surface area contributed by atoms with Crippen molar-refractivity contribution in [3.8, 4) is 0 Å². The van der Waals surface area contributed by atoms with Gasteiger partial charge in [0.05, 0.1) is 26.0 Å². The molecule has 6 N–H and O–H groups in total. The molecule has 2 aliphatic rings. The molecule has 1 amide bonds. The fourth-order valence-corrected chi connectivity index (χ4v) is 5.08. The number of nitrogens with two attached hydrogens (primary N) is 1. The molecular formula is C34H64FN4O9P. The largest absolute Gasteiger partial charge is 0.462 e. The van der Waals surface area contributed by atoms with Gasteiger partial charge in [0.25, 0.3) is 0 Å². The number of allylic oxidation sites excluding steroid dienone is 4. The highest BCUT2D eigenvalue weighted by atomic mass is 31.2. The predicted octanol–water partition coefficient (Wildman–Crippen LogP) is 4.56. The summed E-state index contributed by atoms with van der Waals surface area (Å²) >= 11 is 0. The first-order valence-electron chi connectivity index (χ1n) is 16.5. The van der Waals surface area contributed by atoms with Crippen LogP contribution in [0.1, 0.15) is 80.1 Å². The monoisotopic (exact) mass is 722 g/mol. The number of carbonyl (C=O) groups is 3. The Labute approximate surface area is 295 Å². The van der Waals surface area contributed by atoms with Gasteiger partial charge in [-0.3, -0.25) is 18.8 Å². The van der Waals surface area contributed by atoms with E-state index in [1.807, 2.05) is 53.1 Å². The smallest absolute Gasteiger partial charge is 0.323 e. The Morgan fingerprint density at radius 2 is 1.69 bits per heavy atom. The van der Waals surface area contributed by atoms with Crippen molar-refractivity contribution in [2.75, 3.05) is 41.5 Å². The van der Waals surface area contributed by atoms with Crippen molar-refractivity contribution in [1.82, 2.24) is 15.3 Å². The molecule has 15 heteroatoms. The Bertz CT molecular complexity index is 973. The number of hydrogen-bond donors (Lipinski definition) is 5. The lowest BCUT2D eigenvalue weighted by Crippen LogP contribution is -2.35. The molecule has 0 aromatic rings. The number of amides is 1. The number of aldehydes is 1. The SMILES string of the molecule is CC.CF.CNC.COC(COP(N[C@@H](C)C(=O)OC(C)C)OC1=CCC=C(CN)C=C1)CC(C)N(C=O)/C=C\C=O.OC1(O)CCCC1. The number of nitrogens with one attached hydrogen (secondary N) is 2. The number of carbonyl (C=O) groups excluding carboxylic acids is 3. The molecule has 0 spiro atoms. The Morgan fingerprint density at radius 3 is 2.14 bits per heavy atom. The van der Waals surface area contributed by atoms with Crippen molar-refractivity contribution >= 4 is 27.2 Å². The third kappa shape index (κ3) is 26.9. The number of methoxy groups -OCH3 is 1. The molecule has 4 atom stereocenters. The molecule has 286 valence electrons. The maximum Gasteiger partial charge on any atom is 0.323 e. The van der Waals surface area contributed by atoms with Gasteiger partial charge in [-0.1, -0.05) is 26.0 Å². The van der Waals surface area contributed by atoms with E-state index < -0.39 is 26.3 Å². The zero-order valence-corrected chi connectivity index (χ0v) is 32.1. The summed E-state index contributed by atoms with van der Waals surface area (Å²) in [6.07, 6.45) is 15.0. The van der Waals surface area contributed by atoms with E-state index in [1.165, 1.54) is 17.2 Å². The normalized spacial score (nSPS) is 16.9. The topological polar surface area (TPSA) is 182 Å². The summed E-state index contributed by atoms with van der Waals surface area (Å²) < 4.78 is 32.4. The number of rotatable bonds is 17. The van der Waals surface area contributed by atoms with Crippen LogP contribution in [0.2, 0.25) is 0 Å². The molecule has 2 aliphatic carbocycles. The van der Waals surface area contributed by atoms with Gasteiger partial charge in [-0.25, -0.2) is 5.09 Å². The molecule has 3 unspecified atom stereocenters. The fraction of sp³-hybridized carbons (Fsp3) is 0.676. The molecule has 49 heavy (non-hydrogen) atoms. The first-order valence-corrected chi connectivity index (χ1v) is 17.7. The van der Waals surface area contributed by atoms with E-state index in [0.29, 0.717) is 57.9 Å². The van der Waals surface area contributed by atoms with Gasteiger partial charge in [0.15, 0.2) is 5.79 Å². The summed E-state index contributed by atoms with van der Waals surface area (Å²) in [4.78, 5) is 35.6. The molecule has 0 aromatic carbocycles. The van der Waals surface area contributed by atoms with E-state index in [2.05, 4.69) is 10.4 Å². The number of alkyl halides is 1. The lowest BCUT2D eigenvalue weighted by Gasteiger charge is -2.27. The van der Waals surface area contributed by atoms with Crippen molar-refractivity contribution in [3.63, 3.8) is 0 Å². The van der Waals surface area contributed by atoms with E-state index in [0.717, 1.165) is 18.4 Å². The molecule has 0 aromatic heterocycles. The van der Waals surface area contributed by atoms with Crippen molar-refractivity contribution < 1.29 is 47.5 Å². The van der Waals surface area contributed by atoms with Crippen LogP contribution in [0.4, 0.5) is 4.39 Å². The highest BCUT2D eigenvalue weighted by molar-refractivity contribution is 7.45. The predicted molar refractivity (Wildman–Crippen MR) is 194 cm³/mol. The average molecular weight is 723 g/mol. The molecule has 1 fully saturated rings. The first-order chi connectivity index (χ1) is 23.4. The first kappa shape index (κ1) is 50.8. The van der Waals surface area contributed by atoms with Crippen LogP contribution < -0.4 is 16.1 Å². The van der Waals surface area contributed by atoms with Crippen LogP contribution in [0.15, 0.2) is 47.9 Å². The zero-order valence-electron chi connectivity index (χ0n) is 31.2. The standard InChI is InChI=1S/C24H38N3O7P.C5H10O2.C2H7N.C2H6.CH3F/c1-18(2)33-24(30)20(4)26-35(34-22-9-6-8-21(15-25)10-11-22)32-16-23(31-5)14-19(3)27(17-29)12-7-13-28;6-5(7)3-1-2-4-5;1-3-2;2*1-2/h7-13,17-20,23,26H,6,14-16,25H2,1-5H3;6-7H,1-4H2;3H,1-2H3;1-2H3;1H3/b12-7-;;;;/t19?,20-,23?,35?;;;;/m0..../s1. The van der Waals surface area contributed by atoms with Gasteiger partial charge in [-0.15, -0.1) is 0 Å². The van der Waals surface area contributed by atoms with Crippen LogP contribution in [0.3, 0.4) is 0 Å².